The number of rotatable bonds is 9. The first-order chi connectivity index (χ1) is 13.3. The van der Waals surface area contributed by atoms with Gasteiger partial charge in [-0.3, -0.25) is 0 Å². The number of nitrogens with zero attached hydrogens (tertiary/aromatic N) is 3. The maximum atomic E-state index is 8.72. The molecule has 1 aromatic heterocycles. The van der Waals surface area contributed by atoms with E-state index >= 15 is 0 Å². The molecule has 0 unspecified atom stereocenters. The van der Waals surface area contributed by atoms with Gasteiger partial charge in [-0.1, -0.05) is 24.3 Å². The summed E-state index contributed by atoms with van der Waals surface area (Å²) in [6, 6.07) is 18.7. The zero-order chi connectivity index (χ0) is 18.5. The number of para-hydroxylation sites is 2. The van der Waals surface area contributed by atoms with E-state index in [1.165, 1.54) is 18.4 Å². The van der Waals surface area contributed by atoms with Crippen LogP contribution in [0.5, 0.6) is 11.8 Å². The van der Waals surface area contributed by atoms with E-state index in [9.17, 15) is 0 Å². The zero-order valence-electron chi connectivity index (χ0n) is 15.3. The Bertz CT molecular complexity index is 890. The summed E-state index contributed by atoms with van der Waals surface area (Å²) in [7, 11) is 0. The molecular formula is C22H23N3O2. The number of ether oxygens (including phenoxy) is 1. The second-order valence-corrected chi connectivity index (χ2v) is 6.97. The third kappa shape index (κ3) is 4.66. The molecule has 0 atom stereocenters. The SMILES string of the molecule is N#CCCCN(CCc1ccc(Oc2nc3ccccc3o2)cc1)C1CC1. The first kappa shape index (κ1) is 17.6. The number of hydrogen-bond donors (Lipinski definition) is 0. The summed E-state index contributed by atoms with van der Waals surface area (Å²) in [6.07, 6.45) is 5.47. The lowest BCUT2D eigenvalue weighted by molar-refractivity contribution is 0.264. The average Bonchev–Trinajstić information content (AvgIpc) is 3.45. The predicted molar refractivity (Wildman–Crippen MR) is 104 cm³/mol. The van der Waals surface area contributed by atoms with Crippen molar-refractivity contribution < 1.29 is 9.15 Å². The fraction of sp³-hybridized carbons (Fsp3) is 0.364. The minimum absolute atomic E-state index is 0.265. The zero-order valence-corrected chi connectivity index (χ0v) is 15.3. The molecule has 0 N–H and O–H groups in total. The summed E-state index contributed by atoms with van der Waals surface area (Å²) in [4.78, 5) is 6.86. The average molecular weight is 361 g/mol. The van der Waals surface area contributed by atoms with Gasteiger partial charge in [0.25, 0.3) is 0 Å². The molecule has 1 fully saturated rings. The number of hydrogen-bond acceptors (Lipinski definition) is 5. The van der Waals surface area contributed by atoms with Gasteiger partial charge in [0.15, 0.2) is 5.58 Å². The van der Waals surface area contributed by atoms with Crippen LogP contribution in [0.2, 0.25) is 0 Å². The fourth-order valence-corrected chi connectivity index (χ4v) is 3.27. The number of nitriles is 1. The minimum atomic E-state index is 0.265. The molecule has 0 aliphatic heterocycles. The van der Waals surface area contributed by atoms with E-state index < -0.39 is 0 Å². The lowest BCUT2D eigenvalue weighted by atomic mass is 10.1. The van der Waals surface area contributed by atoms with Crippen LogP contribution in [0.4, 0.5) is 0 Å². The summed E-state index contributed by atoms with van der Waals surface area (Å²) >= 11 is 0. The van der Waals surface area contributed by atoms with Crippen LogP contribution in [0, 0.1) is 11.3 Å². The lowest BCUT2D eigenvalue weighted by Gasteiger charge is -2.21. The van der Waals surface area contributed by atoms with E-state index in [0.29, 0.717) is 6.42 Å². The van der Waals surface area contributed by atoms with Crippen molar-refractivity contribution in [2.75, 3.05) is 13.1 Å². The standard InChI is InChI=1S/C22H23N3O2/c23-14-3-4-15-25(18-9-10-18)16-13-17-7-11-19(12-8-17)26-22-24-20-5-1-2-6-21(20)27-22/h1-2,5-8,11-12,18H,3-4,9-10,13,15-16H2. The summed E-state index contributed by atoms with van der Waals surface area (Å²) in [6.45, 7) is 2.07. The van der Waals surface area contributed by atoms with Crippen LogP contribution >= 0.6 is 0 Å². The Kier molecular flexibility index (Phi) is 5.36. The highest BCUT2D eigenvalue weighted by Gasteiger charge is 2.28. The number of fused-ring (bicyclic) bond motifs is 1. The highest BCUT2D eigenvalue weighted by atomic mass is 16.6. The third-order valence-electron chi connectivity index (χ3n) is 4.89. The second-order valence-electron chi connectivity index (χ2n) is 6.97. The predicted octanol–water partition coefficient (Wildman–Crippen LogP) is 4.93. The molecule has 1 aliphatic carbocycles. The van der Waals surface area contributed by atoms with Crippen LogP contribution in [-0.2, 0) is 6.42 Å². The molecule has 1 heterocycles. The van der Waals surface area contributed by atoms with Crippen LogP contribution < -0.4 is 4.74 Å². The van der Waals surface area contributed by atoms with Gasteiger partial charge in [-0.05, 0) is 62.1 Å². The Morgan fingerprint density at radius 1 is 1.11 bits per heavy atom. The molecule has 3 aromatic rings. The van der Waals surface area contributed by atoms with Crippen LogP contribution in [0.15, 0.2) is 52.9 Å². The molecule has 0 spiro atoms. The number of aromatic nitrogens is 1. The molecule has 0 bridgehead atoms. The monoisotopic (exact) mass is 361 g/mol. The smallest absolute Gasteiger partial charge is 0.400 e. The summed E-state index contributed by atoms with van der Waals surface area (Å²) in [5.41, 5.74) is 2.80. The molecule has 0 amide bonds. The van der Waals surface area contributed by atoms with Gasteiger partial charge < -0.3 is 14.1 Å². The molecule has 0 saturated heterocycles. The van der Waals surface area contributed by atoms with Gasteiger partial charge in [-0.2, -0.15) is 10.2 Å². The van der Waals surface area contributed by atoms with Crippen molar-refractivity contribution in [2.24, 2.45) is 0 Å². The van der Waals surface area contributed by atoms with E-state index in [1.54, 1.807) is 0 Å². The first-order valence-electron chi connectivity index (χ1n) is 9.55. The molecule has 1 saturated carbocycles. The van der Waals surface area contributed by atoms with Gasteiger partial charge in [0.2, 0.25) is 0 Å². The molecule has 5 heteroatoms. The third-order valence-corrected chi connectivity index (χ3v) is 4.89. The van der Waals surface area contributed by atoms with Gasteiger partial charge in [-0.15, -0.1) is 0 Å². The first-order valence-corrected chi connectivity index (χ1v) is 9.55. The molecule has 2 aromatic carbocycles. The van der Waals surface area contributed by atoms with Gasteiger partial charge in [0.05, 0.1) is 6.07 Å². The molecule has 138 valence electrons. The van der Waals surface area contributed by atoms with Gasteiger partial charge >= 0.3 is 6.08 Å². The molecule has 1 aliphatic rings. The van der Waals surface area contributed by atoms with Crippen LogP contribution in [0.25, 0.3) is 11.1 Å². The molecular weight excluding hydrogens is 338 g/mol. The molecule has 0 radical (unpaired) electrons. The lowest BCUT2D eigenvalue weighted by Crippen LogP contribution is -2.29. The van der Waals surface area contributed by atoms with E-state index in [4.69, 9.17) is 14.4 Å². The van der Waals surface area contributed by atoms with Crippen molar-refractivity contribution in [3.63, 3.8) is 0 Å². The summed E-state index contributed by atoms with van der Waals surface area (Å²) in [5, 5.41) is 8.72. The Labute approximate surface area is 159 Å². The van der Waals surface area contributed by atoms with E-state index in [-0.39, 0.29) is 6.08 Å². The topological polar surface area (TPSA) is 62.3 Å². The Hall–Kier alpha value is -2.84. The maximum absolute atomic E-state index is 8.72. The van der Waals surface area contributed by atoms with Crippen molar-refractivity contribution in [3.05, 3.63) is 54.1 Å². The van der Waals surface area contributed by atoms with Crippen LogP contribution in [0.1, 0.15) is 31.2 Å². The van der Waals surface area contributed by atoms with E-state index in [1.807, 2.05) is 36.4 Å². The highest BCUT2D eigenvalue weighted by Crippen LogP contribution is 2.28. The Morgan fingerprint density at radius 3 is 2.67 bits per heavy atom. The van der Waals surface area contributed by atoms with Crippen molar-refractivity contribution in [3.8, 4) is 17.9 Å². The largest absolute Gasteiger partial charge is 0.411 e. The quantitative estimate of drug-likeness (QED) is 0.506. The van der Waals surface area contributed by atoms with Crippen molar-refractivity contribution >= 4 is 11.1 Å². The molecule has 5 nitrogen and oxygen atoms in total. The molecule has 4 rings (SSSR count). The number of oxazole rings is 1. The van der Waals surface area contributed by atoms with Gasteiger partial charge in [-0.25, -0.2) is 0 Å². The normalized spacial score (nSPS) is 13.8. The van der Waals surface area contributed by atoms with Crippen molar-refractivity contribution in [1.29, 1.82) is 5.26 Å². The Balaban J connectivity index is 1.32. The summed E-state index contributed by atoms with van der Waals surface area (Å²) < 4.78 is 11.3. The highest BCUT2D eigenvalue weighted by molar-refractivity contribution is 5.72. The van der Waals surface area contributed by atoms with Crippen molar-refractivity contribution in [2.45, 2.75) is 38.1 Å². The minimum Gasteiger partial charge on any atom is -0.411 e. The summed E-state index contributed by atoms with van der Waals surface area (Å²) in [5.74, 6) is 0.721. The second kappa shape index (κ2) is 8.24. The van der Waals surface area contributed by atoms with Crippen LogP contribution in [0.3, 0.4) is 0 Å². The Morgan fingerprint density at radius 2 is 1.93 bits per heavy atom. The van der Waals surface area contributed by atoms with Crippen molar-refractivity contribution in [1.82, 2.24) is 9.88 Å². The van der Waals surface area contributed by atoms with Crippen LogP contribution in [-0.4, -0.2) is 29.0 Å². The molecule has 27 heavy (non-hydrogen) atoms. The number of unbranched alkanes of at least 4 members (excludes halogenated alkanes) is 1. The van der Waals surface area contributed by atoms with Gasteiger partial charge in [0.1, 0.15) is 11.3 Å². The number of benzene rings is 2. The van der Waals surface area contributed by atoms with E-state index in [2.05, 4.69) is 28.1 Å². The van der Waals surface area contributed by atoms with Gasteiger partial charge in [0, 0.05) is 19.0 Å². The maximum Gasteiger partial charge on any atom is 0.400 e. The fourth-order valence-electron chi connectivity index (χ4n) is 3.27. The van der Waals surface area contributed by atoms with E-state index in [0.717, 1.165) is 48.8 Å².